The number of carbonyl (C=O) groups is 2. The molecule has 2 rings (SSSR count). The van der Waals surface area contributed by atoms with Crippen LogP contribution in [0, 0.1) is 0 Å². The van der Waals surface area contributed by atoms with Crippen molar-refractivity contribution >= 4 is 17.6 Å². The summed E-state index contributed by atoms with van der Waals surface area (Å²) in [6, 6.07) is 3.73. The summed E-state index contributed by atoms with van der Waals surface area (Å²) in [5.41, 5.74) is -0.0725. The number of aromatic carboxylic acids is 1. The summed E-state index contributed by atoms with van der Waals surface area (Å²) in [4.78, 5) is 26.9. The molecular weight excluding hydrogens is 276 g/mol. The van der Waals surface area contributed by atoms with Crippen molar-refractivity contribution in [3.05, 3.63) is 35.4 Å². The molecule has 0 aliphatic rings. The molecule has 8 nitrogen and oxygen atoms in total. The number of carbonyl (C=O) groups excluding carboxylic acids is 1. The first-order valence-corrected chi connectivity index (χ1v) is 6.18. The van der Waals surface area contributed by atoms with Gasteiger partial charge in [0.15, 0.2) is 0 Å². The van der Waals surface area contributed by atoms with Gasteiger partial charge in [-0.25, -0.2) is 9.78 Å². The number of amides is 1. The average molecular weight is 290 g/mol. The Bertz CT molecular complexity index is 693. The lowest BCUT2D eigenvalue weighted by Gasteiger charge is -2.05. The molecule has 0 fully saturated rings. The van der Waals surface area contributed by atoms with Gasteiger partial charge < -0.3 is 15.5 Å². The Labute approximate surface area is 119 Å². The Kier molecular flexibility index (Phi) is 3.88. The predicted molar refractivity (Wildman–Crippen MR) is 73.5 cm³/mol. The van der Waals surface area contributed by atoms with Crippen molar-refractivity contribution < 1.29 is 19.8 Å². The van der Waals surface area contributed by atoms with E-state index in [9.17, 15) is 14.7 Å². The molecule has 0 saturated carbocycles. The fourth-order valence-corrected chi connectivity index (χ4v) is 1.61. The number of hydrogen-bond donors (Lipinski definition) is 4. The summed E-state index contributed by atoms with van der Waals surface area (Å²) in [6.07, 6.45) is 0. The molecule has 0 aliphatic heterocycles. The number of rotatable bonds is 4. The number of benzene rings is 1. The number of H-pyrrole nitrogens is 1. The second-order valence-corrected chi connectivity index (χ2v) is 4.69. The molecule has 21 heavy (non-hydrogen) atoms. The highest BCUT2D eigenvalue weighted by molar-refractivity contribution is 6.02. The summed E-state index contributed by atoms with van der Waals surface area (Å²) in [6.45, 7) is 3.81. The lowest BCUT2D eigenvalue weighted by Crippen LogP contribution is -2.14. The molecule has 1 aromatic heterocycles. The summed E-state index contributed by atoms with van der Waals surface area (Å²) < 4.78 is 0. The Hall–Kier alpha value is -2.90. The van der Waals surface area contributed by atoms with Crippen LogP contribution in [-0.4, -0.2) is 37.3 Å². The molecule has 8 heteroatoms. The van der Waals surface area contributed by atoms with E-state index >= 15 is 0 Å². The number of carboxylic acid groups (broad SMARTS) is 1. The van der Waals surface area contributed by atoms with Crippen LogP contribution in [-0.2, 0) is 0 Å². The van der Waals surface area contributed by atoms with E-state index in [0.29, 0.717) is 5.82 Å². The van der Waals surface area contributed by atoms with Gasteiger partial charge in [-0.1, -0.05) is 13.8 Å². The van der Waals surface area contributed by atoms with Gasteiger partial charge in [0.05, 0.1) is 0 Å². The van der Waals surface area contributed by atoms with Crippen LogP contribution in [0.15, 0.2) is 18.2 Å². The summed E-state index contributed by atoms with van der Waals surface area (Å²) in [5.74, 6) is -1.59. The number of nitrogens with zero attached hydrogens (tertiary/aromatic N) is 2. The molecule has 4 N–H and O–H groups in total. The monoisotopic (exact) mass is 290 g/mol. The third kappa shape index (κ3) is 3.16. The van der Waals surface area contributed by atoms with E-state index in [1.807, 2.05) is 13.8 Å². The van der Waals surface area contributed by atoms with Gasteiger partial charge in [0.2, 0.25) is 5.82 Å². The summed E-state index contributed by atoms with van der Waals surface area (Å²) in [7, 11) is 0. The van der Waals surface area contributed by atoms with Crippen LogP contribution >= 0.6 is 0 Å². The normalized spacial score (nSPS) is 10.6. The maximum atomic E-state index is 12.0. The number of aromatic amines is 1. The second-order valence-electron chi connectivity index (χ2n) is 4.69. The SMILES string of the molecule is CC(C)c1nc(C(=O)Nc2ccc(O)c(C(=O)O)c2)n[nH]1. The van der Waals surface area contributed by atoms with Crippen LogP contribution in [0.3, 0.4) is 0 Å². The topological polar surface area (TPSA) is 128 Å². The van der Waals surface area contributed by atoms with E-state index in [1.54, 1.807) is 0 Å². The zero-order valence-corrected chi connectivity index (χ0v) is 11.4. The number of carboxylic acids is 1. The molecule has 110 valence electrons. The quantitative estimate of drug-likeness (QED) is 0.633. The van der Waals surface area contributed by atoms with Crippen LogP contribution < -0.4 is 5.32 Å². The minimum Gasteiger partial charge on any atom is -0.507 e. The Morgan fingerprint density at radius 1 is 1.33 bits per heavy atom. The van der Waals surface area contributed by atoms with Crippen molar-refractivity contribution in [3.8, 4) is 5.75 Å². The smallest absolute Gasteiger partial charge is 0.339 e. The molecule has 1 amide bonds. The Morgan fingerprint density at radius 2 is 2.05 bits per heavy atom. The van der Waals surface area contributed by atoms with Crippen LogP contribution in [0.5, 0.6) is 5.75 Å². The Balaban J connectivity index is 2.19. The third-order valence-electron chi connectivity index (χ3n) is 2.74. The van der Waals surface area contributed by atoms with Crippen molar-refractivity contribution in [3.63, 3.8) is 0 Å². The molecule has 0 spiro atoms. The first-order valence-electron chi connectivity index (χ1n) is 6.18. The van der Waals surface area contributed by atoms with Crippen LogP contribution in [0.2, 0.25) is 0 Å². The standard InChI is InChI=1S/C13H14N4O4/c1-6(2)10-15-11(17-16-10)12(19)14-7-3-4-9(18)8(5-7)13(20)21/h3-6,18H,1-2H3,(H,14,19)(H,20,21)(H,15,16,17). The zero-order chi connectivity index (χ0) is 15.6. The highest BCUT2D eigenvalue weighted by Gasteiger charge is 2.16. The van der Waals surface area contributed by atoms with Crippen molar-refractivity contribution in [2.45, 2.75) is 19.8 Å². The van der Waals surface area contributed by atoms with Crippen molar-refractivity contribution in [1.29, 1.82) is 0 Å². The van der Waals surface area contributed by atoms with Gasteiger partial charge in [-0.3, -0.25) is 9.89 Å². The molecule has 0 atom stereocenters. The van der Waals surface area contributed by atoms with Crippen molar-refractivity contribution in [2.75, 3.05) is 5.32 Å². The third-order valence-corrected chi connectivity index (χ3v) is 2.74. The van der Waals surface area contributed by atoms with Gasteiger partial charge >= 0.3 is 5.97 Å². The fourth-order valence-electron chi connectivity index (χ4n) is 1.61. The molecule has 2 aromatic rings. The number of aromatic hydroxyl groups is 1. The maximum absolute atomic E-state index is 12.0. The lowest BCUT2D eigenvalue weighted by molar-refractivity contribution is 0.0693. The zero-order valence-electron chi connectivity index (χ0n) is 11.4. The molecule has 0 saturated heterocycles. The van der Waals surface area contributed by atoms with Gasteiger partial charge in [-0.2, -0.15) is 0 Å². The molecule has 1 aromatic carbocycles. The van der Waals surface area contributed by atoms with Gasteiger partial charge in [0.25, 0.3) is 5.91 Å². The largest absolute Gasteiger partial charge is 0.507 e. The first kappa shape index (κ1) is 14.5. The van der Waals surface area contributed by atoms with E-state index in [0.717, 1.165) is 6.07 Å². The number of aromatic nitrogens is 3. The summed E-state index contributed by atoms with van der Waals surface area (Å²) >= 11 is 0. The second kappa shape index (κ2) is 5.61. The van der Waals surface area contributed by atoms with E-state index in [-0.39, 0.29) is 28.7 Å². The minimum atomic E-state index is -1.29. The van der Waals surface area contributed by atoms with E-state index in [4.69, 9.17) is 5.11 Å². The van der Waals surface area contributed by atoms with Gasteiger partial charge in [0, 0.05) is 11.6 Å². The van der Waals surface area contributed by atoms with Crippen molar-refractivity contribution in [2.24, 2.45) is 0 Å². The molecule has 0 aliphatic carbocycles. The van der Waals surface area contributed by atoms with Gasteiger partial charge in [-0.15, -0.1) is 5.10 Å². The first-order chi connectivity index (χ1) is 9.88. The maximum Gasteiger partial charge on any atom is 0.339 e. The molecule has 0 bridgehead atoms. The summed E-state index contributed by atoms with van der Waals surface area (Å²) in [5, 5.41) is 27.2. The molecule has 1 heterocycles. The molecule has 0 unspecified atom stereocenters. The van der Waals surface area contributed by atoms with Crippen LogP contribution in [0.4, 0.5) is 5.69 Å². The number of nitrogens with one attached hydrogen (secondary N) is 2. The van der Waals surface area contributed by atoms with Crippen molar-refractivity contribution in [1.82, 2.24) is 15.2 Å². The Morgan fingerprint density at radius 3 is 2.62 bits per heavy atom. The van der Waals surface area contributed by atoms with Crippen LogP contribution in [0.1, 0.15) is 46.6 Å². The van der Waals surface area contributed by atoms with Gasteiger partial charge in [0.1, 0.15) is 17.1 Å². The van der Waals surface area contributed by atoms with E-state index in [2.05, 4.69) is 20.5 Å². The molecular formula is C13H14N4O4. The van der Waals surface area contributed by atoms with Crippen LogP contribution in [0.25, 0.3) is 0 Å². The minimum absolute atomic E-state index is 0.0383. The average Bonchev–Trinajstić information content (AvgIpc) is 2.90. The van der Waals surface area contributed by atoms with E-state index < -0.39 is 11.9 Å². The number of hydrogen-bond acceptors (Lipinski definition) is 5. The number of phenols is 1. The van der Waals surface area contributed by atoms with E-state index in [1.165, 1.54) is 12.1 Å². The molecule has 0 radical (unpaired) electrons. The predicted octanol–water partition coefficient (Wildman–Crippen LogP) is 1.58. The lowest BCUT2D eigenvalue weighted by atomic mass is 10.2. The highest BCUT2D eigenvalue weighted by atomic mass is 16.4. The number of anilines is 1. The highest BCUT2D eigenvalue weighted by Crippen LogP contribution is 2.21. The fraction of sp³-hybridized carbons (Fsp3) is 0.231. The van der Waals surface area contributed by atoms with Gasteiger partial charge in [-0.05, 0) is 18.2 Å².